The molecule has 0 radical (unpaired) electrons. The first-order valence-electron chi connectivity index (χ1n) is 3.75. The van der Waals surface area contributed by atoms with Gasteiger partial charge in [0.25, 0.3) is 0 Å². The Morgan fingerprint density at radius 3 is 1.46 bits per heavy atom. The van der Waals surface area contributed by atoms with E-state index in [1.54, 1.807) is 14.2 Å². The molecule has 6 heteroatoms. The monoisotopic (exact) mass is 228 g/mol. The van der Waals surface area contributed by atoms with Crippen LogP contribution in [0, 0.1) is 5.41 Å². The van der Waals surface area contributed by atoms with E-state index in [1.165, 1.54) is 0 Å². The molecule has 0 aliphatic rings. The van der Waals surface area contributed by atoms with Crippen LogP contribution in [0.1, 0.15) is 0 Å². The molecule has 0 bridgehead atoms. The summed E-state index contributed by atoms with van der Waals surface area (Å²) in [6.07, 6.45) is 0. The van der Waals surface area contributed by atoms with Crippen molar-refractivity contribution < 1.29 is 17.8 Å². The Hall–Kier alpha value is 0.540. The second-order valence-electron chi connectivity index (χ2n) is 2.91. The van der Waals surface area contributed by atoms with E-state index >= 15 is 0 Å². The van der Waals surface area contributed by atoms with Gasteiger partial charge in [-0.2, -0.15) is 0 Å². The van der Waals surface area contributed by atoms with E-state index in [2.05, 4.69) is 25.8 Å². The number of hydrogen-bond donors (Lipinski definition) is 2. The van der Waals surface area contributed by atoms with Crippen molar-refractivity contribution in [2.45, 2.75) is 0 Å². The zero-order valence-electron chi connectivity index (χ0n) is 7.86. The third-order valence-electron chi connectivity index (χ3n) is 1.64. The minimum Gasteiger partial charge on any atom is -0.384 e. The van der Waals surface area contributed by atoms with E-state index in [0.29, 0.717) is 26.4 Å². The topological polar surface area (TPSA) is 36.9 Å². The Morgan fingerprint density at radius 1 is 0.846 bits per heavy atom. The zero-order chi connectivity index (χ0) is 10.2. The molecular formula is C7H16O4S2. The van der Waals surface area contributed by atoms with Crippen molar-refractivity contribution in [3.8, 4) is 0 Å². The van der Waals surface area contributed by atoms with E-state index in [-0.39, 0.29) is 5.41 Å². The van der Waals surface area contributed by atoms with Crippen LogP contribution in [0.3, 0.4) is 0 Å². The maximum atomic E-state index is 5.06. The Morgan fingerprint density at radius 2 is 1.23 bits per heavy atom. The Labute approximate surface area is 90.1 Å². The van der Waals surface area contributed by atoms with Crippen molar-refractivity contribution in [3.63, 3.8) is 0 Å². The first-order valence-corrected chi connectivity index (χ1v) is 4.48. The Bertz CT molecular complexity index is 93.6. The number of methoxy groups -OCH3 is 2. The van der Waals surface area contributed by atoms with Gasteiger partial charge in [-0.3, -0.25) is 0 Å². The maximum absolute atomic E-state index is 5.06. The van der Waals surface area contributed by atoms with Crippen molar-refractivity contribution >= 4 is 25.8 Å². The van der Waals surface area contributed by atoms with Crippen LogP contribution >= 0.6 is 25.8 Å². The molecule has 0 atom stereocenters. The summed E-state index contributed by atoms with van der Waals surface area (Å²) >= 11 is 7.40. The third-order valence-corrected chi connectivity index (χ3v) is 1.90. The molecule has 0 unspecified atom stereocenters. The van der Waals surface area contributed by atoms with Crippen molar-refractivity contribution in [2.24, 2.45) is 5.41 Å². The van der Waals surface area contributed by atoms with Gasteiger partial charge in [-0.25, -0.2) is 0 Å². The predicted molar refractivity (Wildman–Crippen MR) is 56.1 cm³/mol. The summed E-state index contributed by atoms with van der Waals surface area (Å²) in [6.45, 7) is 1.72. The summed E-state index contributed by atoms with van der Waals surface area (Å²) in [7, 11) is 3.23. The van der Waals surface area contributed by atoms with Gasteiger partial charge in [0.2, 0.25) is 0 Å². The van der Waals surface area contributed by atoms with Crippen LogP contribution < -0.4 is 0 Å². The fraction of sp³-hybridized carbons (Fsp3) is 1.00. The van der Waals surface area contributed by atoms with Crippen LogP contribution in [0.15, 0.2) is 0 Å². The smallest absolute Gasteiger partial charge is 0.0734 e. The minimum atomic E-state index is -0.340. The summed E-state index contributed by atoms with van der Waals surface area (Å²) in [5, 5.41) is 0. The quantitative estimate of drug-likeness (QED) is 0.480. The molecule has 0 aromatic carbocycles. The molecule has 80 valence electrons. The van der Waals surface area contributed by atoms with Gasteiger partial charge in [0.1, 0.15) is 0 Å². The number of ether oxygens (including phenoxy) is 2. The van der Waals surface area contributed by atoms with E-state index in [9.17, 15) is 0 Å². The van der Waals surface area contributed by atoms with Crippen LogP contribution in [0.5, 0.6) is 0 Å². The van der Waals surface area contributed by atoms with Gasteiger partial charge in [-0.05, 0) is 25.8 Å². The molecule has 0 aliphatic carbocycles. The normalized spacial score (nSPS) is 12.0. The SMILES string of the molecule is COCC(COC)(COS)COS. The molecule has 0 fully saturated rings. The number of rotatable bonds is 8. The predicted octanol–water partition coefficient (Wildman–Crippen LogP) is 0.988. The van der Waals surface area contributed by atoms with E-state index in [4.69, 9.17) is 17.8 Å². The molecule has 0 rings (SSSR count). The molecular weight excluding hydrogens is 212 g/mol. The van der Waals surface area contributed by atoms with E-state index < -0.39 is 0 Å². The molecule has 0 saturated heterocycles. The second kappa shape index (κ2) is 7.90. The molecule has 13 heavy (non-hydrogen) atoms. The molecule has 0 aliphatic heterocycles. The van der Waals surface area contributed by atoms with Gasteiger partial charge in [0.05, 0.1) is 31.8 Å². The van der Waals surface area contributed by atoms with Gasteiger partial charge in [0.15, 0.2) is 0 Å². The summed E-state index contributed by atoms with van der Waals surface area (Å²) in [6, 6.07) is 0. The second-order valence-corrected chi connectivity index (χ2v) is 3.43. The highest BCUT2D eigenvalue weighted by molar-refractivity contribution is 7.75. The molecule has 0 aromatic rings. The largest absolute Gasteiger partial charge is 0.384 e. The van der Waals surface area contributed by atoms with Crippen LogP contribution in [-0.2, 0) is 17.8 Å². The van der Waals surface area contributed by atoms with Gasteiger partial charge in [-0.1, -0.05) is 0 Å². The third kappa shape index (κ3) is 5.09. The van der Waals surface area contributed by atoms with Crippen LogP contribution in [0.25, 0.3) is 0 Å². The van der Waals surface area contributed by atoms with Crippen molar-refractivity contribution in [3.05, 3.63) is 0 Å². The molecule has 0 saturated carbocycles. The van der Waals surface area contributed by atoms with Crippen LogP contribution in [0.4, 0.5) is 0 Å². The number of thiol groups is 2. The maximum Gasteiger partial charge on any atom is 0.0734 e. The lowest BCUT2D eigenvalue weighted by Gasteiger charge is -2.29. The molecule has 0 aromatic heterocycles. The first kappa shape index (κ1) is 13.5. The lowest BCUT2D eigenvalue weighted by atomic mass is 9.92. The molecule has 4 nitrogen and oxygen atoms in total. The Balaban J connectivity index is 4.19. The summed E-state index contributed by atoms with van der Waals surface area (Å²) in [4.78, 5) is 0. The first-order chi connectivity index (χ1) is 6.24. The number of hydrogen-bond acceptors (Lipinski definition) is 6. The molecule has 0 spiro atoms. The average molecular weight is 228 g/mol. The van der Waals surface area contributed by atoms with Gasteiger partial charge >= 0.3 is 0 Å². The fourth-order valence-corrected chi connectivity index (χ4v) is 1.68. The standard InChI is InChI=1S/C7H16O4S2/c1-8-3-7(4-9-2,5-10-12)6-11-13/h12-13H,3-6H2,1-2H3. The van der Waals surface area contributed by atoms with Gasteiger partial charge in [-0.15, -0.1) is 0 Å². The minimum absolute atomic E-state index is 0.340. The van der Waals surface area contributed by atoms with Crippen molar-refractivity contribution in [1.29, 1.82) is 0 Å². The molecule has 0 heterocycles. The molecule has 0 N–H and O–H groups in total. The Kier molecular flexibility index (Phi) is 8.23. The molecule has 0 amide bonds. The highest BCUT2D eigenvalue weighted by Crippen LogP contribution is 2.20. The van der Waals surface area contributed by atoms with Crippen molar-refractivity contribution in [2.75, 3.05) is 40.6 Å². The van der Waals surface area contributed by atoms with E-state index in [0.717, 1.165) is 0 Å². The summed E-state index contributed by atoms with van der Waals surface area (Å²) in [5.74, 6) is 0. The van der Waals surface area contributed by atoms with Crippen LogP contribution in [0.2, 0.25) is 0 Å². The zero-order valence-corrected chi connectivity index (χ0v) is 9.64. The fourth-order valence-electron chi connectivity index (χ4n) is 1.14. The van der Waals surface area contributed by atoms with Crippen LogP contribution in [-0.4, -0.2) is 40.6 Å². The summed E-state index contributed by atoms with van der Waals surface area (Å²) in [5.41, 5.74) is -0.340. The van der Waals surface area contributed by atoms with E-state index in [1.807, 2.05) is 0 Å². The highest BCUT2D eigenvalue weighted by Gasteiger charge is 2.31. The van der Waals surface area contributed by atoms with Crippen molar-refractivity contribution in [1.82, 2.24) is 0 Å². The summed E-state index contributed by atoms with van der Waals surface area (Å²) < 4.78 is 19.7. The lowest BCUT2D eigenvalue weighted by Crippen LogP contribution is -2.39. The highest BCUT2D eigenvalue weighted by atomic mass is 32.1. The lowest BCUT2D eigenvalue weighted by molar-refractivity contribution is -0.0367. The average Bonchev–Trinajstić information content (AvgIpc) is 2.06. The van der Waals surface area contributed by atoms with Gasteiger partial charge in [0, 0.05) is 14.2 Å². The van der Waals surface area contributed by atoms with Gasteiger partial charge < -0.3 is 17.8 Å².